The number of amides is 1. The van der Waals surface area contributed by atoms with Gasteiger partial charge in [0.05, 0.1) is 24.9 Å². The van der Waals surface area contributed by atoms with Crippen LogP contribution in [0.2, 0.25) is 0 Å². The van der Waals surface area contributed by atoms with E-state index in [2.05, 4.69) is 27.0 Å². The van der Waals surface area contributed by atoms with Gasteiger partial charge in [-0.2, -0.15) is 0 Å². The van der Waals surface area contributed by atoms with E-state index in [1.54, 1.807) is 6.20 Å². The molecule has 1 aromatic rings. The molecule has 0 saturated carbocycles. The smallest absolute Gasteiger partial charge is 0.234 e. The number of aliphatic hydroxyl groups excluding tert-OH is 1. The normalized spacial score (nSPS) is 21.1. The highest BCUT2D eigenvalue weighted by molar-refractivity contribution is 5.77. The average molecular weight is 320 g/mol. The van der Waals surface area contributed by atoms with Crippen LogP contribution in [-0.2, 0) is 11.3 Å². The van der Waals surface area contributed by atoms with Crippen molar-refractivity contribution in [1.29, 1.82) is 0 Å². The Balaban J connectivity index is 1.76. The van der Waals surface area contributed by atoms with E-state index < -0.39 is 0 Å². The summed E-state index contributed by atoms with van der Waals surface area (Å²) in [4.78, 5) is 20.8. The number of rotatable bonds is 7. The molecule has 0 aliphatic carbocycles. The lowest BCUT2D eigenvalue weighted by molar-refractivity contribution is -0.123. The van der Waals surface area contributed by atoms with Gasteiger partial charge in [-0.15, -0.1) is 0 Å². The minimum Gasteiger partial charge on any atom is -0.392 e. The van der Waals surface area contributed by atoms with E-state index in [9.17, 15) is 9.90 Å². The summed E-state index contributed by atoms with van der Waals surface area (Å²) in [6.07, 6.45) is 2.45. The maximum absolute atomic E-state index is 12.1. The van der Waals surface area contributed by atoms with Crippen LogP contribution >= 0.6 is 0 Å². The Hall–Kier alpha value is -1.50. The van der Waals surface area contributed by atoms with Gasteiger partial charge in [-0.1, -0.05) is 13.0 Å². The molecular formula is C17H28N4O2. The van der Waals surface area contributed by atoms with Gasteiger partial charge >= 0.3 is 0 Å². The molecule has 0 spiro atoms. The van der Waals surface area contributed by atoms with Gasteiger partial charge in [0.15, 0.2) is 0 Å². The summed E-state index contributed by atoms with van der Waals surface area (Å²) in [5.41, 5.74) is 0.869. The predicted molar refractivity (Wildman–Crippen MR) is 89.9 cm³/mol. The Morgan fingerprint density at radius 3 is 2.96 bits per heavy atom. The largest absolute Gasteiger partial charge is 0.392 e. The number of carbonyl (C=O) groups is 1. The Kier molecular flexibility index (Phi) is 6.95. The molecule has 2 unspecified atom stereocenters. The van der Waals surface area contributed by atoms with Crippen LogP contribution in [0.3, 0.4) is 0 Å². The van der Waals surface area contributed by atoms with Crippen LogP contribution in [0.5, 0.6) is 0 Å². The molecule has 6 nitrogen and oxygen atoms in total. The number of nitrogens with zero attached hydrogens (tertiary/aromatic N) is 3. The molecule has 128 valence electrons. The van der Waals surface area contributed by atoms with Crippen molar-refractivity contribution >= 4 is 5.91 Å². The van der Waals surface area contributed by atoms with E-state index in [1.165, 1.54) is 0 Å². The monoisotopic (exact) mass is 320 g/mol. The van der Waals surface area contributed by atoms with Gasteiger partial charge in [0.1, 0.15) is 0 Å². The first kappa shape index (κ1) is 17.8. The lowest BCUT2D eigenvalue weighted by atomic mass is 10.1. The van der Waals surface area contributed by atoms with Gasteiger partial charge in [-0.25, -0.2) is 0 Å². The number of β-amino-alcohol motifs (C(OH)–C–C–N with tert-alkyl or cyclic N) is 1. The van der Waals surface area contributed by atoms with E-state index in [4.69, 9.17) is 0 Å². The van der Waals surface area contributed by atoms with Crippen LogP contribution in [0.25, 0.3) is 0 Å². The molecule has 1 fully saturated rings. The van der Waals surface area contributed by atoms with Crippen molar-refractivity contribution in [1.82, 2.24) is 20.1 Å². The Morgan fingerprint density at radius 2 is 2.30 bits per heavy atom. The number of nitrogens with one attached hydrogen (secondary N) is 1. The maximum Gasteiger partial charge on any atom is 0.234 e. The predicted octanol–water partition coefficient (Wildman–Crippen LogP) is 0.475. The van der Waals surface area contributed by atoms with Crippen molar-refractivity contribution in [3.63, 3.8) is 0 Å². The zero-order chi connectivity index (χ0) is 16.7. The van der Waals surface area contributed by atoms with Crippen molar-refractivity contribution in [2.45, 2.75) is 39.0 Å². The highest BCUT2D eigenvalue weighted by atomic mass is 16.3. The quantitative estimate of drug-likeness (QED) is 0.765. The molecule has 6 heteroatoms. The lowest BCUT2D eigenvalue weighted by Gasteiger charge is -2.41. The second-order valence-corrected chi connectivity index (χ2v) is 6.24. The fourth-order valence-corrected chi connectivity index (χ4v) is 3.02. The van der Waals surface area contributed by atoms with Crippen molar-refractivity contribution in [2.24, 2.45) is 0 Å². The van der Waals surface area contributed by atoms with Crippen LogP contribution in [0.4, 0.5) is 0 Å². The first-order valence-corrected chi connectivity index (χ1v) is 8.39. The number of aromatic nitrogens is 1. The minimum atomic E-state index is -0.308. The summed E-state index contributed by atoms with van der Waals surface area (Å²) < 4.78 is 0. The molecule has 1 aliphatic heterocycles. The summed E-state index contributed by atoms with van der Waals surface area (Å²) in [6, 6.07) is 6.09. The standard InChI is InChI=1S/C17H28N4O2/c1-3-16-12-20(8-9-21(16)11-14(2)22)13-17(23)19-10-15-6-4-5-7-18-15/h4-7,14,16,22H,3,8-13H2,1-2H3,(H,19,23). The number of aliphatic hydroxyl groups is 1. The van der Waals surface area contributed by atoms with Crippen LogP contribution in [-0.4, -0.2) is 70.7 Å². The molecule has 1 amide bonds. The molecule has 1 aliphatic rings. The van der Waals surface area contributed by atoms with E-state index in [0.717, 1.165) is 31.7 Å². The van der Waals surface area contributed by atoms with Gasteiger partial charge < -0.3 is 10.4 Å². The van der Waals surface area contributed by atoms with Crippen LogP contribution < -0.4 is 5.32 Å². The van der Waals surface area contributed by atoms with Gasteiger partial charge in [0.25, 0.3) is 0 Å². The van der Waals surface area contributed by atoms with Crippen molar-refractivity contribution in [3.05, 3.63) is 30.1 Å². The van der Waals surface area contributed by atoms with Gasteiger partial charge in [-0.05, 0) is 25.5 Å². The van der Waals surface area contributed by atoms with E-state index in [1.807, 2.05) is 25.1 Å². The highest BCUT2D eigenvalue weighted by Gasteiger charge is 2.27. The third kappa shape index (κ3) is 5.89. The van der Waals surface area contributed by atoms with E-state index in [0.29, 0.717) is 25.7 Å². The molecular weight excluding hydrogens is 292 g/mol. The van der Waals surface area contributed by atoms with E-state index in [-0.39, 0.29) is 12.0 Å². The summed E-state index contributed by atoms with van der Waals surface area (Å²) >= 11 is 0. The lowest BCUT2D eigenvalue weighted by Crippen LogP contribution is -2.55. The fourth-order valence-electron chi connectivity index (χ4n) is 3.02. The Labute approximate surface area is 138 Å². The average Bonchev–Trinajstić information content (AvgIpc) is 2.55. The van der Waals surface area contributed by atoms with Crippen molar-refractivity contribution in [3.8, 4) is 0 Å². The second-order valence-electron chi connectivity index (χ2n) is 6.24. The van der Waals surface area contributed by atoms with Gasteiger partial charge in [0, 0.05) is 38.4 Å². The number of hydrogen-bond acceptors (Lipinski definition) is 5. The van der Waals surface area contributed by atoms with Crippen LogP contribution in [0.1, 0.15) is 26.0 Å². The maximum atomic E-state index is 12.1. The number of piperazine rings is 1. The van der Waals surface area contributed by atoms with Gasteiger partial charge in [-0.3, -0.25) is 19.6 Å². The van der Waals surface area contributed by atoms with Gasteiger partial charge in [0.2, 0.25) is 5.91 Å². The number of hydrogen-bond donors (Lipinski definition) is 2. The third-order valence-electron chi connectivity index (χ3n) is 4.22. The Bertz CT molecular complexity index is 481. The number of pyridine rings is 1. The molecule has 2 N–H and O–H groups in total. The zero-order valence-corrected chi connectivity index (χ0v) is 14.1. The van der Waals surface area contributed by atoms with Crippen molar-refractivity contribution in [2.75, 3.05) is 32.7 Å². The Morgan fingerprint density at radius 1 is 1.48 bits per heavy atom. The third-order valence-corrected chi connectivity index (χ3v) is 4.22. The molecule has 2 rings (SSSR count). The number of carbonyl (C=O) groups excluding carboxylic acids is 1. The zero-order valence-electron chi connectivity index (χ0n) is 14.1. The highest BCUT2D eigenvalue weighted by Crippen LogP contribution is 2.13. The molecule has 1 saturated heterocycles. The van der Waals surface area contributed by atoms with E-state index >= 15 is 0 Å². The first-order chi connectivity index (χ1) is 11.1. The molecule has 1 aromatic heterocycles. The van der Waals surface area contributed by atoms with Crippen molar-refractivity contribution < 1.29 is 9.90 Å². The molecule has 0 aromatic carbocycles. The molecule has 0 bridgehead atoms. The summed E-state index contributed by atoms with van der Waals surface area (Å²) in [6.45, 7) is 8.22. The summed E-state index contributed by atoms with van der Waals surface area (Å²) in [7, 11) is 0. The van der Waals surface area contributed by atoms with Crippen LogP contribution in [0, 0.1) is 0 Å². The SMILES string of the molecule is CCC1CN(CC(=O)NCc2ccccn2)CCN1CC(C)O. The minimum absolute atomic E-state index is 0.0366. The van der Waals surface area contributed by atoms with Crippen LogP contribution in [0.15, 0.2) is 24.4 Å². The summed E-state index contributed by atoms with van der Waals surface area (Å²) in [5, 5.41) is 12.5. The molecule has 2 atom stereocenters. The molecule has 0 radical (unpaired) electrons. The second kappa shape index (κ2) is 8.96. The fraction of sp³-hybridized carbons (Fsp3) is 0.647. The molecule has 2 heterocycles. The molecule has 23 heavy (non-hydrogen) atoms. The topological polar surface area (TPSA) is 68.7 Å². The first-order valence-electron chi connectivity index (χ1n) is 8.39. The summed E-state index contributed by atoms with van der Waals surface area (Å²) in [5.74, 6) is 0.0366.